The van der Waals surface area contributed by atoms with E-state index in [0.29, 0.717) is 32.3 Å². The topological polar surface area (TPSA) is 92.3 Å². The number of carbonyl (C=O) groups excluding carboxylic acids is 1. The number of ether oxygens (including phenoxy) is 1. The minimum atomic E-state index is -4.74. The molecular weight excluding hydrogens is 527 g/mol. The third kappa shape index (κ3) is 4.96. The van der Waals surface area contributed by atoms with E-state index in [-0.39, 0.29) is 22.3 Å². The van der Waals surface area contributed by atoms with Crippen LogP contribution in [0.25, 0.3) is 16.9 Å². The zero-order valence-electron chi connectivity index (χ0n) is 21.8. The highest BCUT2D eigenvalue weighted by molar-refractivity contribution is 7.16. The highest BCUT2D eigenvalue weighted by Crippen LogP contribution is 2.44. The fourth-order valence-electron chi connectivity index (χ4n) is 4.94. The van der Waals surface area contributed by atoms with Crippen LogP contribution in [0.5, 0.6) is 5.75 Å². The molecule has 202 valence electrons. The smallest absolute Gasteiger partial charge is 0.433 e. The van der Waals surface area contributed by atoms with E-state index in [9.17, 15) is 23.2 Å². The van der Waals surface area contributed by atoms with E-state index >= 15 is 0 Å². The van der Waals surface area contributed by atoms with Gasteiger partial charge in [0.2, 0.25) is 0 Å². The molecule has 0 radical (unpaired) electrons. The molecule has 1 atom stereocenters. The molecule has 0 aliphatic heterocycles. The molecular formula is C28H26F3N5O2S. The average molecular weight is 554 g/mol. The van der Waals surface area contributed by atoms with Crippen LogP contribution in [-0.4, -0.2) is 27.6 Å². The molecule has 0 fully saturated rings. The van der Waals surface area contributed by atoms with Crippen molar-refractivity contribution in [1.29, 1.82) is 5.26 Å². The molecule has 5 rings (SSSR count). The van der Waals surface area contributed by atoms with Crippen molar-refractivity contribution < 1.29 is 22.7 Å². The largest absolute Gasteiger partial charge is 0.497 e. The number of rotatable bonds is 4. The summed E-state index contributed by atoms with van der Waals surface area (Å²) < 4.78 is 47.7. The summed E-state index contributed by atoms with van der Waals surface area (Å²) in [6.45, 7) is 6.58. The molecule has 3 aromatic heterocycles. The molecule has 0 saturated heterocycles. The second kappa shape index (κ2) is 9.68. The maximum atomic E-state index is 14.0. The molecule has 1 aliphatic rings. The Kier molecular flexibility index (Phi) is 6.63. The van der Waals surface area contributed by atoms with Crippen molar-refractivity contribution in [3.63, 3.8) is 0 Å². The first-order valence-corrected chi connectivity index (χ1v) is 13.2. The first-order chi connectivity index (χ1) is 18.4. The van der Waals surface area contributed by atoms with Gasteiger partial charge in [0.25, 0.3) is 5.91 Å². The quantitative estimate of drug-likeness (QED) is 0.301. The Balaban J connectivity index is 1.54. The summed E-state index contributed by atoms with van der Waals surface area (Å²) in [6, 6.07) is 9.53. The summed E-state index contributed by atoms with van der Waals surface area (Å²) in [6.07, 6.45) is -1.18. The van der Waals surface area contributed by atoms with Crippen molar-refractivity contribution in [1.82, 2.24) is 14.6 Å². The number of fused-ring (bicyclic) bond motifs is 2. The van der Waals surface area contributed by atoms with Crippen molar-refractivity contribution in [3.8, 4) is 23.1 Å². The van der Waals surface area contributed by atoms with Crippen LogP contribution in [0.2, 0.25) is 0 Å². The Bertz CT molecular complexity index is 1610. The lowest BCUT2D eigenvalue weighted by molar-refractivity contribution is -0.142. The lowest BCUT2D eigenvalue weighted by Gasteiger charge is -2.33. The number of benzene rings is 1. The Morgan fingerprint density at radius 1 is 1.23 bits per heavy atom. The summed E-state index contributed by atoms with van der Waals surface area (Å²) in [5, 5.41) is 16.9. The summed E-state index contributed by atoms with van der Waals surface area (Å²) in [5.41, 5.74) is 0.493. The number of amides is 1. The van der Waals surface area contributed by atoms with Crippen LogP contribution in [0, 0.1) is 22.7 Å². The lowest BCUT2D eigenvalue weighted by atomic mass is 9.72. The SMILES string of the molecule is COc1ccc(-c2cc(C(F)(F)F)n3ncc(C(=O)Nc4sc5c(c4C#N)CCC(C(C)(C)C)C5)c3n2)cc1. The number of hydrogen-bond acceptors (Lipinski definition) is 6. The van der Waals surface area contributed by atoms with Gasteiger partial charge in [-0.15, -0.1) is 11.3 Å². The summed E-state index contributed by atoms with van der Waals surface area (Å²) >= 11 is 1.35. The summed E-state index contributed by atoms with van der Waals surface area (Å²) in [7, 11) is 1.49. The second-order valence-electron chi connectivity index (χ2n) is 10.6. The van der Waals surface area contributed by atoms with Crippen molar-refractivity contribution in [2.24, 2.45) is 11.3 Å². The highest BCUT2D eigenvalue weighted by Gasteiger charge is 2.37. The zero-order valence-corrected chi connectivity index (χ0v) is 22.6. The number of methoxy groups -OCH3 is 1. The Hall–Kier alpha value is -3.91. The van der Waals surface area contributed by atoms with Crippen LogP contribution in [0.1, 0.15) is 59.2 Å². The molecule has 1 N–H and O–H groups in total. The van der Waals surface area contributed by atoms with E-state index in [4.69, 9.17) is 4.74 Å². The number of thiophene rings is 1. The maximum absolute atomic E-state index is 14.0. The molecule has 1 amide bonds. The van der Waals surface area contributed by atoms with Crippen molar-refractivity contribution in [3.05, 3.63) is 63.8 Å². The number of nitrogens with one attached hydrogen (secondary N) is 1. The van der Waals surface area contributed by atoms with E-state index in [0.717, 1.165) is 42.0 Å². The molecule has 0 bridgehead atoms. The Morgan fingerprint density at radius 2 is 1.95 bits per heavy atom. The fourth-order valence-corrected chi connectivity index (χ4v) is 6.21. The van der Waals surface area contributed by atoms with Gasteiger partial charge in [-0.05, 0) is 66.5 Å². The summed E-state index contributed by atoms with van der Waals surface area (Å²) in [5.74, 6) is 0.306. The molecule has 1 unspecified atom stereocenters. The van der Waals surface area contributed by atoms with E-state index in [1.807, 2.05) is 0 Å². The van der Waals surface area contributed by atoms with Gasteiger partial charge in [0.15, 0.2) is 11.3 Å². The van der Waals surface area contributed by atoms with Crippen molar-refractivity contribution in [2.45, 2.75) is 46.2 Å². The van der Waals surface area contributed by atoms with Crippen LogP contribution in [-0.2, 0) is 19.0 Å². The average Bonchev–Trinajstić information content (AvgIpc) is 3.47. The van der Waals surface area contributed by atoms with E-state index in [1.54, 1.807) is 24.3 Å². The number of nitrogens with zero attached hydrogens (tertiary/aromatic N) is 4. The standard InChI is InChI=1S/C28H26F3N5O2S/c1-27(2,3)16-7-10-18-19(13-32)26(39-22(18)11-16)35-25(37)20-14-33-36-23(28(29,30)31)12-21(34-24(20)36)15-5-8-17(38-4)9-6-15/h5-6,8-9,12,14,16H,7,10-11H2,1-4H3,(H,35,37). The summed E-state index contributed by atoms with van der Waals surface area (Å²) in [4.78, 5) is 18.8. The van der Waals surface area contributed by atoms with E-state index in [2.05, 4.69) is 42.2 Å². The van der Waals surface area contributed by atoms with Crippen LogP contribution in [0.15, 0.2) is 36.5 Å². The number of alkyl halides is 3. The van der Waals surface area contributed by atoms with Gasteiger partial charge in [-0.1, -0.05) is 20.8 Å². The van der Waals surface area contributed by atoms with Gasteiger partial charge in [-0.25, -0.2) is 9.50 Å². The van der Waals surface area contributed by atoms with E-state index < -0.39 is 17.8 Å². The Labute approximate surface area is 227 Å². The fraction of sp³-hybridized carbons (Fsp3) is 0.357. The van der Waals surface area contributed by atoms with E-state index in [1.165, 1.54) is 18.4 Å². The predicted octanol–water partition coefficient (Wildman–Crippen LogP) is 6.76. The first kappa shape index (κ1) is 26.7. The lowest BCUT2D eigenvalue weighted by Crippen LogP contribution is -2.26. The number of aromatic nitrogens is 3. The van der Waals surface area contributed by atoms with Crippen LogP contribution in [0.4, 0.5) is 18.2 Å². The number of anilines is 1. The third-order valence-electron chi connectivity index (χ3n) is 7.22. The molecule has 11 heteroatoms. The molecule has 4 aromatic rings. The molecule has 1 aliphatic carbocycles. The molecule has 0 saturated carbocycles. The minimum absolute atomic E-state index is 0.0320. The highest BCUT2D eigenvalue weighted by atomic mass is 32.1. The second-order valence-corrected chi connectivity index (χ2v) is 11.7. The molecule has 39 heavy (non-hydrogen) atoms. The van der Waals surface area contributed by atoms with Gasteiger partial charge in [0, 0.05) is 10.4 Å². The van der Waals surface area contributed by atoms with Gasteiger partial charge in [0.05, 0.1) is 24.6 Å². The zero-order chi connectivity index (χ0) is 28.1. The molecule has 0 spiro atoms. The van der Waals surface area contributed by atoms with Crippen LogP contribution < -0.4 is 10.1 Å². The van der Waals surface area contributed by atoms with Crippen molar-refractivity contribution >= 4 is 27.9 Å². The minimum Gasteiger partial charge on any atom is -0.497 e. The van der Waals surface area contributed by atoms with Crippen LogP contribution >= 0.6 is 11.3 Å². The van der Waals surface area contributed by atoms with Crippen molar-refractivity contribution in [2.75, 3.05) is 12.4 Å². The van der Waals surface area contributed by atoms with Gasteiger partial charge >= 0.3 is 6.18 Å². The number of hydrogen-bond donors (Lipinski definition) is 1. The molecule has 7 nitrogen and oxygen atoms in total. The predicted molar refractivity (Wildman–Crippen MR) is 142 cm³/mol. The van der Waals surface area contributed by atoms with Gasteiger partial charge < -0.3 is 10.1 Å². The monoisotopic (exact) mass is 553 g/mol. The van der Waals surface area contributed by atoms with Gasteiger partial charge in [-0.3, -0.25) is 4.79 Å². The maximum Gasteiger partial charge on any atom is 0.433 e. The third-order valence-corrected chi connectivity index (χ3v) is 8.39. The number of nitriles is 1. The first-order valence-electron chi connectivity index (χ1n) is 12.4. The normalized spacial score (nSPS) is 15.6. The number of carbonyl (C=O) groups is 1. The molecule has 3 heterocycles. The molecule has 1 aromatic carbocycles. The Morgan fingerprint density at radius 3 is 2.56 bits per heavy atom. The number of halogens is 3. The van der Waals surface area contributed by atoms with Gasteiger partial charge in [0.1, 0.15) is 22.4 Å². The van der Waals surface area contributed by atoms with Gasteiger partial charge in [-0.2, -0.15) is 23.5 Å². The van der Waals surface area contributed by atoms with Crippen LogP contribution in [0.3, 0.4) is 0 Å².